The highest BCUT2D eigenvalue weighted by molar-refractivity contribution is 5.90. The third-order valence-electron chi connectivity index (χ3n) is 2.96. The minimum absolute atomic E-state index is 0.138. The Morgan fingerprint density at radius 1 is 1.42 bits per heavy atom. The third kappa shape index (κ3) is 3.21. The fraction of sp³-hybridized carbons (Fsp3) is 0.462. The zero-order chi connectivity index (χ0) is 13.8. The van der Waals surface area contributed by atoms with E-state index in [1.807, 2.05) is 24.6 Å². The Balaban J connectivity index is 1.77. The number of nitrogens with zero attached hydrogens (tertiary/aromatic N) is 4. The molecule has 1 N–H and O–H groups in total. The number of hydrogen-bond acceptors (Lipinski definition) is 3. The number of amides is 1. The Kier molecular flexibility index (Phi) is 3.99. The number of carbonyl (C=O) groups excluding carboxylic acids is 1. The highest BCUT2D eigenvalue weighted by atomic mass is 16.2. The van der Waals surface area contributed by atoms with Gasteiger partial charge in [0.1, 0.15) is 0 Å². The smallest absolute Gasteiger partial charge is 0.287 e. The van der Waals surface area contributed by atoms with Crippen molar-refractivity contribution in [3.63, 3.8) is 0 Å². The van der Waals surface area contributed by atoms with Gasteiger partial charge < -0.3 is 9.88 Å². The summed E-state index contributed by atoms with van der Waals surface area (Å²) in [5.74, 6) is 0.298. The minimum atomic E-state index is -0.138. The van der Waals surface area contributed by atoms with E-state index in [0.717, 1.165) is 24.4 Å². The zero-order valence-corrected chi connectivity index (χ0v) is 11.6. The van der Waals surface area contributed by atoms with Crippen LogP contribution in [0.4, 0.5) is 0 Å². The summed E-state index contributed by atoms with van der Waals surface area (Å²) in [6.07, 6.45) is 4.22. The van der Waals surface area contributed by atoms with E-state index < -0.39 is 0 Å². The molecular weight excluding hydrogens is 242 g/mol. The van der Waals surface area contributed by atoms with Gasteiger partial charge in [-0.3, -0.25) is 9.48 Å². The molecule has 19 heavy (non-hydrogen) atoms. The molecule has 0 aromatic carbocycles. The second-order valence-corrected chi connectivity index (χ2v) is 4.62. The monoisotopic (exact) mass is 261 g/mol. The second kappa shape index (κ2) is 5.69. The fourth-order valence-electron chi connectivity index (χ4n) is 2.00. The standard InChI is InChI=1S/C13H19N5O/c1-10-9-11(2)18(16-10)7-4-5-15-13(19)12-14-6-8-17(12)3/h6,8-9H,4-5,7H2,1-3H3,(H,15,19). The highest BCUT2D eigenvalue weighted by Gasteiger charge is 2.09. The Bertz CT molecular complexity index is 569. The van der Waals surface area contributed by atoms with Crippen LogP contribution in [0.3, 0.4) is 0 Å². The SMILES string of the molecule is Cc1cc(C)n(CCCNC(=O)c2nccn2C)n1. The van der Waals surface area contributed by atoms with E-state index in [1.54, 1.807) is 24.0 Å². The van der Waals surface area contributed by atoms with Gasteiger partial charge in [-0.1, -0.05) is 0 Å². The number of hydrogen-bond donors (Lipinski definition) is 1. The van der Waals surface area contributed by atoms with Crippen LogP contribution in [-0.4, -0.2) is 31.8 Å². The van der Waals surface area contributed by atoms with Crippen molar-refractivity contribution in [2.75, 3.05) is 6.54 Å². The number of aromatic nitrogens is 4. The maximum atomic E-state index is 11.8. The van der Waals surface area contributed by atoms with Crippen LogP contribution in [0, 0.1) is 13.8 Å². The summed E-state index contributed by atoms with van der Waals surface area (Å²) in [5, 5.41) is 7.24. The Labute approximate surface area is 112 Å². The van der Waals surface area contributed by atoms with Gasteiger partial charge in [-0.25, -0.2) is 4.98 Å². The van der Waals surface area contributed by atoms with E-state index in [1.165, 1.54) is 0 Å². The van der Waals surface area contributed by atoms with E-state index in [2.05, 4.69) is 15.4 Å². The minimum Gasteiger partial charge on any atom is -0.349 e. The number of imidazole rings is 1. The van der Waals surface area contributed by atoms with Crippen molar-refractivity contribution in [2.45, 2.75) is 26.8 Å². The quantitative estimate of drug-likeness (QED) is 0.818. The third-order valence-corrected chi connectivity index (χ3v) is 2.96. The molecule has 0 aliphatic rings. The Morgan fingerprint density at radius 2 is 2.21 bits per heavy atom. The van der Waals surface area contributed by atoms with Gasteiger partial charge in [-0.15, -0.1) is 0 Å². The van der Waals surface area contributed by atoms with Gasteiger partial charge in [0.25, 0.3) is 5.91 Å². The number of aryl methyl sites for hydroxylation is 4. The van der Waals surface area contributed by atoms with Gasteiger partial charge in [-0.2, -0.15) is 5.10 Å². The number of nitrogens with one attached hydrogen (secondary N) is 1. The van der Waals surface area contributed by atoms with Crippen molar-refractivity contribution >= 4 is 5.91 Å². The topological polar surface area (TPSA) is 64.7 Å². The molecule has 2 rings (SSSR count). The molecule has 102 valence electrons. The normalized spacial score (nSPS) is 10.7. The first-order valence-corrected chi connectivity index (χ1v) is 6.34. The first kappa shape index (κ1) is 13.3. The summed E-state index contributed by atoms with van der Waals surface area (Å²) in [6.45, 7) is 5.43. The molecule has 0 saturated heterocycles. The molecule has 2 aromatic rings. The van der Waals surface area contributed by atoms with E-state index in [4.69, 9.17) is 0 Å². The summed E-state index contributed by atoms with van der Waals surface area (Å²) >= 11 is 0. The van der Waals surface area contributed by atoms with E-state index in [-0.39, 0.29) is 5.91 Å². The van der Waals surface area contributed by atoms with Gasteiger partial charge in [0, 0.05) is 38.2 Å². The van der Waals surface area contributed by atoms with Crippen LogP contribution in [0.1, 0.15) is 28.4 Å². The first-order chi connectivity index (χ1) is 9.08. The van der Waals surface area contributed by atoms with E-state index in [9.17, 15) is 4.79 Å². The summed E-state index contributed by atoms with van der Waals surface area (Å²) in [6, 6.07) is 2.05. The predicted octanol–water partition coefficient (Wildman–Crippen LogP) is 1.05. The lowest BCUT2D eigenvalue weighted by atomic mass is 10.3. The van der Waals surface area contributed by atoms with Crippen LogP contribution >= 0.6 is 0 Å². The molecule has 0 spiro atoms. The summed E-state index contributed by atoms with van der Waals surface area (Å²) in [5.41, 5.74) is 2.17. The van der Waals surface area contributed by atoms with Crippen molar-refractivity contribution in [3.8, 4) is 0 Å². The van der Waals surface area contributed by atoms with Gasteiger partial charge in [0.05, 0.1) is 5.69 Å². The molecule has 0 bridgehead atoms. The maximum absolute atomic E-state index is 11.8. The molecule has 1 amide bonds. The molecule has 2 aromatic heterocycles. The Morgan fingerprint density at radius 3 is 2.79 bits per heavy atom. The molecule has 0 aliphatic carbocycles. The largest absolute Gasteiger partial charge is 0.349 e. The molecule has 0 atom stereocenters. The molecule has 0 radical (unpaired) electrons. The predicted molar refractivity (Wildman–Crippen MR) is 71.9 cm³/mol. The lowest BCUT2D eigenvalue weighted by Crippen LogP contribution is -2.27. The van der Waals surface area contributed by atoms with Crippen molar-refractivity contribution in [1.82, 2.24) is 24.6 Å². The van der Waals surface area contributed by atoms with Gasteiger partial charge >= 0.3 is 0 Å². The summed E-state index contributed by atoms with van der Waals surface area (Å²) in [7, 11) is 1.80. The average molecular weight is 261 g/mol. The van der Waals surface area contributed by atoms with Crippen molar-refractivity contribution < 1.29 is 4.79 Å². The molecule has 0 aliphatic heterocycles. The highest BCUT2D eigenvalue weighted by Crippen LogP contribution is 2.02. The van der Waals surface area contributed by atoms with Crippen LogP contribution in [0.15, 0.2) is 18.5 Å². The number of rotatable bonds is 5. The molecular formula is C13H19N5O. The van der Waals surface area contributed by atoms with Crippen LogP contribution in [0.25, 0.3) is 0 Å². The molecule has 0 saturated carbocycles. The molecule has 0 unspecified atom stereocenters. The van der Waals surface area contributed by atoms with E-state index >= 15 is 0 Å². The average Bonchev–Trinajstić information content (AvgIpc) is 2.91. The molecule has 6 nitrogen and oxygen atoms in total. The first-order valence-electron chi connectivity index (χ1n) is 6.34. The van der Waals surface area contributed by atoms with Crippen molar-refractivity contribution in [1.29, 1.82) is 0 Å². The fourth-order valence-corrected chi connectivity index (χ4v) is 2.00. The van der Waals surface area contributed by atoms with Crippen molar-refractivity contribution in [3.05, 3.63) is 35.7 Å². The molecule has 2 heterocycles. The lowest BCUT2D eigenvalue weighted by molar-refractivity contribution is 0.0939. The van der Waals surface area contributed by atoms with Crippen molar-refractivity contribution in [2.24, 2.45) is 7.05 Å². The molecule has 0 fully saturated rings. The number of carbonyl (C=O) groups is 1. The maximum Gasteiger partial charge on any atom is 0.287 e. The van der Waals surface area contributed by atoms with Crippen LogP contribution < -0.4 is 5.32 Å². The van der Waals surface area contributed by atoms with E-state index in [0.29, 0.717) is 12.4 Å². The van der Waals surface area contributed by atoms with Crippen LogP contribution in [-0.2, 0) is 13.6 Å². The van der Waals surface area contributed by atoms with Gasteiger partial charge in [0.15, 0.2) is 5.82 Å². The van der Waals surface area contributed by atoms with Gasteiger partial charge in [-0.05, 0) is 26.3 Å². The second-order valence-electron chi connectivity index (χ2n) is 4.62. The van der Waals surface area contributed by atoms with Gasteiger partial charge in [0.2, 0.25) is 0 Å². The molecule has 6 heteroatoms. The lowest BCUT2D eigenvalue weighted by Gasteiger charge is -2.06. The van der Waals surface area contributed by atoms with Crippen LogP contribution in [0.2, 0.25) is 0 Å². The zero-order valence-electron chi connectivity index (χ0n) is 11.6. The Hall–Kier alpha value is -2.11. The summed E-state index contributed by atoms with van der Waals surface area (Å²) in [4.78, 5) is 15.8. The summed E-state index contributed by atoms with van der Waals surface area (Å²) < 4.78 is 3.67. The van der Waals surface area contributed by atoms with Crippen LogP contribution in [0.5, 0.6) is 0 Å².